The number of carbonyl (C=O) groups is 1. The minimum Gasteiger partial charge on any atom is -0.355 e. The number of hydrogen-bond donors (Lipinski definition) is 1. The van der Waals surface area contributed by atoms with Crippen LogP contribution in [0.25, 0.3) is 0 Å². The molecular weight excluding hydrogens is 232 g/mol. The first-order chi connectivity index (χ1) is 7.13. The molecule has 0 aliphatic rings. The number of nitrogens with zero attached hydrogens (tertiary/aromatic N) is 1. The lowest BCUT2D eigenvalue weighted by Gasteiger charge is -2.00. The van der Waals surface area contributed by atoms with Gasteiger partial charge in [-0.15, -0.1) is 22.9 Å². The van der Waals surface area contributed by atoms with Crippen LogP contribution in [0.5, 0.6) is 0 Å². The van der Waals surface area contributed by atoms with Gasteiger partial charge in [-0.1, -0.05) is 13.8 Å². The third-order valence-electron chi connectivity index (χ3n) is 1.89. The van der Waals surface area contributed by atoms with Gasteiger partial charge in [-0.3, -0.25) is 4.79 Å². The molecule has 0 unspecified atom stereocenters. The molecule has 0 saturated carbocycles. The third-order valence-corrected chi connectivity index (χ3v) is 3.32. The summed E-state index contributed by atoms with van der Waals surface area (Å²) in [6.07, 6.45) is 0.770. The van der Waals surface area contributed by atoms with Crippen molar-refractivity contribution >= 4 is 28.8 Å². The van der Waals surface area contributed by atoms with E-state index in [0.29, 0.717) is 12.5 Å². The Morgan fingerprint density at radius 2 is 2.40 bits per heavy atom. The molecule has 1 rings (SSSR count). The molecule has 0 spiro atoms. The molecule has 0 saturated heterocycles. The maximum Gasteiger partial charge on any atom is 0.234 e. The number of rotatable bonds is 5. The van der Waals surface area contributed by atoms with Crippen LogP contribution < -0.4 is 5.32 Å². The first-order valence-electron chi connectivity index (χ1n) is 4.90. The summed E-state index contributed by atoms with van der Waals surface area (Å²) >= 11 is 7.03. The summed E-state index contributed by atoms with van der Waals surface area (Å²) in [5.41, 5.74) is 1.04. The van der Waals surface area contributed by atoms with Crippen LogP contribution in [-0.2, 0) is 11.2 Å². The average Bonchev–Trinajstić information content (AvgIpc) is 2.66. The topological polar surface area (TPSA) is 42.0 Å². The van der Waals surface area contributed by atoms with Crippen molar-refractivity contribution < 1.29 is 4.79 Å². The van der Waals surface area contributed by atoms with Gasteiger partial charge >= 0.3 is 0 Å². The second kappa shape index (κ2) is 6.08. The predicted molar refractivity (Wildman–Crippen MR) is 63.6 cm³/mol. The zero-order valence-corrected chi connectivity index (χ0v) is 10.5. The second-order valence-corrected chi connectivity index (χ2v) is 4.72. The van der Waals surface area contributed by atoms with Crippen LogP contribution in [0.4, 0.5) is 0 Å². The summed E-state index contributed by atoms with van der Waals surface area (Å²) in [4.78, 5) is 15.3. The molecule has 1 aromatic rings. The number of alkyl halides is 1. The maximum atomic E-state index is 10.9. The summed E-state index contributed by atoms with van der Waals surface area (Å²) in [5, 5.41) is 5.90. The third kappa shape index (κ3) is 4.18. The molecule has 3 nitrogen and oxygen atoms in total. The van der Waals surface area contributed by atoms with Gasteiger partial charge in [0, 0.05) is 24.3 Å². The van der Waals surface area contributed by atoms with E-state index >= 15 is 0 Å². The van der Waals surface area contributed by atoms with Gasteiger partial charge < -0.3 is 5.32 Å². The van der Waals surface area contributed by atoms with Crippen LogP contribution in [0, 0.1) is 0 Å². The first kappa shape index (κ1) is 12.5. The SMILES string of the molecule is CC(C)c1nc(CCNC(=O)CCl)cs1. The maximum absolute atomic E-state index is 10.9. The van der Waals surface area contributed by atoms with E-state index in [-0.39, 0.29) is 11.8 Å². The molecule has 15 heavy (non-hydrogen) atoms. The Morgan fingerprint density at radius 3 is 2.93 bits per heavy atom. The van der Waals surface area contributed by atoms with Crippen molar-refractivity contribution in [2.75, 3.05) is 12.4 Å². The van der Waals surface area contributed by atoms with Gasteiger partial charge in [0.05, 0.1) is 10.7 Å². The normalized spacial score (nSPS) is 10.7. The highest BCUT2D eigenvalue weighted by Gasteiger charge is 2.05. The molecule has 0 bridgehead atoms. The zero-order valence-electron chi connectivity index (χ0n) is 8.92. The number of aromatic nitrogens is 1. The molecule has 0 atom stereocenters. The van der Waals surface area contributed by atoms with Crippen molar-refractivity contribution in [2.45, 2.75) is 26.2 Å². The quantitative estimate of drug-likeness (QED) is 0.809. The largest absolute Gasteiger partial charge is 0.355 e. The summed E-state index contributed by atoms with van der Waals surface area (Å²) < 4.78 is 0. The minimum atomic E-state index is -0.129. The van der Waals surface area contributed by atoms with Crippen LogP contribution in [-0.4, -0.2) is 23.3 Å². The number of halogens is 1. The fourth-order valence-corrected chi connectivity index (χ4v) is 2.04. The van der Waals surface area contributed by atoms with Crippen molar-refractivity contribution in [1.82, 2.24) is 10.3 Å². The van der Waals surface area contributed by atoms with Crippen LogP contribution in [0.1, 0.15) is 30.5 Å². The molecule has 1 heterocycles. The molecule has 0 aliphatic carbocycles. The van der Waals surface area contributed by atoms with Crippen LogP contribution >= 0.6 is 22.9 Å². The van der Waals surface area contributed by atoms with Crippen LogP contribution in [0.15, 0.2) is 5.38 Å². The van der Waals surface area contributed by atoms with Gasteiger partial charge in [-0.2, -0.15) is 0 Å². The predicted octanol–water partition coefficient (Wildman–Crippen LogP) is 2.16. The summed E-state index contributed by atoms with van der Waals surface area (Å²) in [6, 6.07) is 0. The highest BCUT2D eigenvalue weighted by atomic mass is 35.5. The van der Waals surface area contributed by atoms with E-state index < -0.39 is 0 Å². The van der Waals surface area contributed by atoms with E-state index in [1.165, 1.54) is 0 Å². The van der Waals surface area contributed by atoms with E-state index in [0.717, 1.165) is 17.1 Å². The van der Waals surface area contributed by atoms with Gasteiger partial charge in [0.2, 0.25) is 5.91 Å². The van der Waals surface area contributed by atoms with Gasteiger partial charge in [-0.25, -0.2) is 4.98 Å². The summed E-state index contributed by atoms with van der Waals surface area (Å²) in [7, 11) is 0. The van der Waals surface area contributed by atoms with Crippen molar-refractivity contribution in [2.24, 2.45) is 0 Å². The van der Waals surface area contributed by atoms with Crippen molar-refractivity contribution in [3.63, 3.8) is 0 Å². The molecule has 84 valence electrons. The average molecular weight is 247 g/mol. The fourth-order valence-electron chi connectivity index (χ4n) is 1.08. The molecule has 0 fully saturated rings. The van der Waals surface area contributed by atoms with Gasteiger partial charge in [0.1, 0.15) is 5.88 Å². The molecule has 0 radical (unpaired) electrons. The monoisotopic (exact) mass is 246 g/mol. The molecule has 1 N–H and O–H groups in total. The minimum absolute atomic E-state index is 0.0221. The lowest BCUT2D eigenvalue weighted by molar-refractivity contribution is -0.118. The lowest BCUT2D eigenvalue weighted by Crippen LogP contribution is -2.26. The van der Waals surface area contributed by atoms with Crippen molar-refractivity contribution in [3.05, 3.63) is 16.1 Å². The highest BCUT2D eigenvalue weighted by molar-refractivity contribution is 7.09. The van der Waals surface area contributed by atoms with Crippen molar-refractivity contribution in [1.29, 1.82) is 0 Å². The Bertz CT molecular complexity index is 325. The van der Waals surface area contributed by atoms with Gasteiger partial charge in [-0.05, 0) is 0 Å². The summed E-state index contributed by atoms with van der Waals surface area (Å²) in [6.45, 7) is 4.85. The molecule has 1 aromatic heterocycles. The van der Waals surface area contributed by atoms with Crippen molar-refractivity contribution in [3.8, 4) is 0 Å². The van der Waals surface area contributed by atoms with Crippen LogP contribution in [0.3, 0.4) is 0 Å². The fraction of sp³-hybridized carbons (Fsp3) is 0.600. The first-order valence-corrected chi connectivity index (χ1v) is 6.32. The number of thiazole rings is 1. The smallest absolute Gasteiger partial charge is 0.234 e. The summed E-state index contributed by atoms with van der Waals surface area (Å²) in [5.74, 6) is 0.367. The standard InChI is InChI=1S/C10H15ClN2OS/c1-7(2)10-13-8(6-15-10)3-4-12-9(14)5-11/h6-7H,3-5H2,1-2H3,(H,12,14). The number of hydrogen-bond acceptors (Lipinski definition) is 3. The van der Waals surface area contributed by atoms with E-state index in [2.05, 4.69) is 24.1 Å². The Labute approximate surface area is 98.9 Å². The lowest BCUT2D eigenvalue weighted by atomic mass is 10.2. The molecule has 0 aromatic carbocycles. The Hall–Kier alpha value is -0.610. The Kier molecular flexibility index (Phi) is 5.05. The van der Waals surface area contributed by atoms with E-state index in [1.54, 1.807) is 11.3 Å². The number of nitrogens with one attached hydrogen (secondary N) is 1. The van der Waals surface area contributed by atoms with E-state index in [1.807, 2.05) is 5.38 Å². The van der Waals surface area contributed by atoms with E-state index in [4.69, 9.17) is 11.6 Å². The van der Waals surface area contributed by atoms with E-state index in [9.17, 15) is 4.79 Å². The highest BCUT2D eigenvalue weighted by Crippen LogP contribution is 2.19. The molecule has 1 amide bonds. The van der Waals surface area contributed by atoms with Gasteiger partial charge in [0.25, 0.3) is 0 Å². The Balaban J connectivity index is 2.34. The second-order valence-electron chi connectivity index (χ2n) is 3.57. The zero-order chi connectivity index (χ0) is 11.3. The molecular formula is C10H15ClN2OS. The van der Waals surface area contributed by atoms with Crippen LogP contribution in [0.2, 0.25) is 0 Å². The molecule has 0 aliphatic heterocycles. The number of amides is 1. The van der Waals surface area contributed by atoms with Gasteiger partial charge in [0.15, 0.2) is 0 Å². The molecule has 5 heteroatoms. The number of carbonyl (C=O) groups excluding carboxylic acids is 1. The Morgan fingerprint density at radius 1 is 1.67 bits per heavy atom.